The second kappa shape index (κ2) is 13.8. The van der Waals surface area contributed by atoms with Crippen molar-refractivity contribution in [2.45, 2.75) is 90.8 Å². The lowest BCUT2D eigenvalue weighted by Gasteiger charge is -2.33. The number of benzene rings is 2. The number of anilines is 1. The van der Waals surface area contributed by atoms with Crippen molar-refractivity contribution in [3.8, 4) is 0 Å². The standard InChI is InChI=1S/C30H43N3O4S/c1-5-28(30(35)31-26-13-7-6-8-14-26)32(22-25-12-9-11-24(3)21-25)29(34)15-10-20-33(38(4,36)37)27-18-16-23(2)17-19-27/h9,11-12,16-19,21,26,28H,5-8,10,13-15,20,22H2,1-4H3,(H,31,35). The van der Waals surface area contributed by atoms with Crippen LogP contribution < -0.4 is 9.62 Å². The van der Waals surface area contributed by atoms with E-state index in [1.54, 1.807) is 17.0 Å². The minimum Gasteiger partial charge on any atom is -0.352 e. The van der Waals surface area contributed by atoms with Crippen molar-refractivity contribution < 1.29 is 18.0 Å². The van der Waals surface area contributed by atoms with Crippen LogP contribution in [0, 0.1) is 13.8 Å². The molecule has 1 aliphatic rings. The maximum absolute atomic E-state index is 13.6. The van der Waals surface area contributed by atoms with Crippen molar-refractivity contribution in [1.82, 2.24) is 10.2 Å². The zero-order valence-electron chi connectivity index (χ0n) is 23.3. The van der Waals surface area contributed by atoms with Crippen LogP contribution in [0.3, 0.4) is 0 Å². The predicted molar refractivity (Wildman–Crippen MR) is 153 cm³/mol. The first-order valence-electron chi connectivity index (χ1n) is 13.8. The fourth-order valence-electron chi connectivity index (χ4n) is 5.19. The van der Waals surface area contributed by atoms with Crippen molar-refractivity contribution in [2.75, 3.05) is 17.1 Å². The number of hydrogen-bond acceptors (Lipinski definition) is 4. The first-order chi connectivity index (χ1) is 18.1. The van der Waals surface area contributed by atoms with E-state index in [4.69, 9.17) is 0 Å². The van der Waals surface area contributed by atoms with Gasteiger partial charge in [-0.3, -0.25) is 13.9 Å². The zero-order chi connectivity index (χ0) is 27.7. The first-order valence-corrected chi connectivity index (χ1v) is 15.6. The highest BCUT2D eigenvalue weighted by Crippen LogP contribution is 2.22. The second-order valence-corrected chi connectivity index (χ2v) is 12.5. The average molecular weight is 542 g/mol. The summed E-state index contributed by atoms with van der Waals surface area (Å²) in [5, 5.41) is 3.20. The molecular formula is C30H43N3O4S. The number of carbonyl (C=O) groups excluding carboxylic acids is 2. The molecule has 1 unspecified atom stereocenters. The molecule has 2 amide bonds. The molecule has 2 aromatic carbocycles. The number of amides is 2. The summed E-state index contributed by atoms with van der Waals surface area (Å²) in [5.41, 5.74) is 3.69. The third-order valence-corrected chi connectivity index (χ3v) is 8.44. The highest BCUT2D eigenvalue weighted by molar-refractivity contribution is 7.92. The predicted octanol–water partition coefficient (Wildman–Crippen LogP) is 5.11. The number of aryl methyl sites for hydroxylation is 2. The maximum Gasteiger partial charge on any atom is 0.243 e. The largest absolute Gasteiger partial charge is 0.352 e. The maximum atomic E-state index is 13.6. The first kappa shape index (κ1) is 29.7. The average Bonchev–Trinajstić information content (AvgIpc) is 2.87. The fraction of sp³-hybridized carbons (Fsp3) is 0.533. The Morgan fingerprint density at radius 1 is 1.00 bits per heavy atom. The number of sulfonamides is 1. The summed E-state index contributed by atoms with van der Waals surface area (Å²) in [5.74, 6) is -0.243. The van der Waals surface area contributed by atoms with E-state index < -0.39 is 16.1 Å². The Hall–Kier alpha value is -2.87. The molecule has 38 heavy (non-hydrogen) atoms. The lowest BCUT2D eigenvalue weighted by atomic mass is 9.95. The lowest BCUT2D eigenvalue weighted by molar-refractivity contribution is -0.141. The SMILES string of the molecule is CCC(C(=O)NC1CCCCC1)N(Cc1cccc(C)c1)C(=O)CCCN(c1ccc(C)cc1)S(C)(=O)=O. The van der Waals surface area contributed by atoms with Gasteiger partial charge in [-0.1, -0.05) is 73.7 Å². The van der Waals surface area contributed by atoms with E-state index in [2.05, 4.69) is 5.32 Å². The van der Waals surface area contributed by atoms with Gasteiger partial charge in [0.15, 0.2) is 0 Å². The number of nitrogens with one attached hydrogen (secondary N) is 1. The molecular weight excluding hydrogens is 498 g/mol. The fourth-order valence-corrected chi connectivity index (χ4v) is 6.15. The van der Waals surface area contributed by atoms with Crippen LogP contribution >= 0.6 is 0 Å². The molecule has 2 aromatic rings. The van der Waals surface area contributed by atoms with Crippen LogP contribution in [0.1, 0.15) is 75.0 Å². The van der Waals surface area contributed by atoms with Gasteiger partial charge in [-0.25, -0.2) is 8.42 Å². The topological polar surface area (TPSA) is 86.8 Å². The molecule has 0 aromatic heterocycles. The van der Waals surface area contributed by atoms with Crippen LogP contribution in [0.25, 0.3) is 0 Å². The van der Waals surface area contributed by atoms with Crippen LogP contribution in [-0.4, -0.2) is 50.0 Å². The van der Waals surface area contributed by atoms with E-state index in [-0.39, 0.29) is 30.8 Å². The van der Waals surface area contributed by atoms with E-state index in [1.165, 1.54) is 17.0 Å². The minimum atomic E-state index is -3.51. The molecule has 1 atom stereocenters. The summed E-state index contributed by atoms with van der Waals surface area (Å²) in [6.45, 7) is 6.42. The molecule has 0 radical (unpaired) electrons. The second-order valence-electron chi connectivity index (χ2n) is 10.6. The van der Waals surface area contributed by atoms with Crippen molar-refractivity contribution in [3.05, 3.63) is 65.2 Å². The smallest absolute Gasteiger partial charge is 0.243 e. The Balaban J connectivity index is 1.75. The molecule has 3 rings (SSSR count). The van der Waals surface area contributed by atoms with Gasteiger partial charge in [0.05, 0.1) is 11.9 Å². The van der Waals surface area contributed by atoms with Crippen molar-refractivity contribution >= 4 is 27.5 Å². The van der Waals surface area contributed by atoms with Gasteiger partial charge in [-0.05, 0) is 57.2 Å². The van der Waals surface area contributed by atoms with Gasteiger partial charge in [-0.15, -0.1) is 0 Å². The summed E-state index contributed by atoms with van der Waals surface area (Å²) in [4.78, 5) is 28.7. The van der Waals surface area contributed by atoms with Crippen molar-refractivity contribution in [3.63, 3.8) is 0 Å². The monoisotopic (exact) mass is 541 g/mol. The molecule has 1 saturated carbocycles. The van der Waals surface area contributed by atoms with E-state index in [0.717, 1.165) is 42.4 Å². The van der Waals surface area contributed by atoms with Gasteiger partial charge in [0.25, 0.3) is 0 Å². The summed E-state index contributed by atoms with van der Waals surface area (Å²) in [7, 11) is -3.51. The van der Waals surface area contributed by atoms with E-state index in [9.17, 15) is 18.0 Å². The van der Waals surface area contributed by atoms with Crippen LogP contribution in [0.4, 0.5) is 5.69 Å². The number of nitrogens with zero attached hydrogens (tertiary/aromatic N) is 2. The summed E-state index contributed by atoms with van der Waals surface area (Å²) in [6, 6.07) is 14.9. The molecule has 208 valence electrons. The van der Waals surface area contributed by atoms with Crippen LogP contribution in [0.15, 0.2) is 48.5 Å². The summed E-state index contributed by atoms with van der Waals surface area (Å²) >= 11 is 0. The van der Waals surface area contributed by atoms with Gasteiger partial charge >= 0.3 is 0 Å². The van der Waals surface area contributed by atoms with Gasteiger partial charge < -0.3 is 10.2 Å². The molecule has 1 fully saturated rings. The highest BCUT2D eigenvalue weighted by Gasteiger charge is 2.30. The molecule has 1 N–H and O–H groups in total. The summed E-state index contributed by atoms with van der Waals surface area (Å²) in [6.07, 6.45) is 7.59. The van der Waals surface area contributed by atoms with Crippen molar-refractivity contribution in [1.29, 1.82) is 0 Å². The molecule has 0 bridgehead atoms. The molecule has 0 heterocycles. The lowest BCUT2D eigenvalue weighted by Crippen LogP contribution is -2.51. The van der Waals surface area contributed by atoms with Crippen LogP contribution in [-0.2, 0) is 26.2 Å². The van der Waals surface area contributed by atoms with E-state index in [1.807, 2.05) is 57.2 Å². The quantitative estimate of drug-likeness (QED) is 0.405. The molecule has 0 saturated heterocycles. The Labute approximate surface area is 228 Å². The minimum absolute atomic E-state index is 0.0992. The van der Waals surface area contributed by atoms with Gasteiger partial charge in [0.1, 0.15) is 6.04 Å². The normalized spacial score (nSPS) is 15.1. The van der Waals surface area contributed by atoms with Gasteiger partial charge in [0, 0.05) is 25.6 Å². The van der Waals surface area contributed by atoms with Crippen LogP contribution in [0.2, 0.25) is 0 Å². The highest BCUT2D eigenvalue weighted by atomic mass is 32.2. The summed E-state index contributed by atoms with van der Waals surface area (Å²) < 4.78 is 26.4. The molecule has 0 aliphatic heterocycles. The molecule has 7 nitrogen and oxygen atoms in total. The Bertz CT molecular complexity index is 1170. The third-order valence-electron chi connectivity index (χ3n) is 7.25. The van der Waals surface area contributed by atoms with Gasteiger partial charge in [-0.2, -0.15) is 0 Å². The number of carbonyl (C=O) groups is 2. The van der Waals surface area contributed by atoms with Gasteiger partial charge in [0.2, 0.25) is 21.8 Å². The third kappa shape index (κ3) is 8.58. The molecule has 8 heteroatoms. The van der Waals surface area contributed by atoms with E-state index >= 15 is 0 Å². The Kier molecular flexibility index (Phi) is 10.8. The zero-order valence-corrected chi connectivity index (χ0v) is 24.1. The number of hydrogen-bond donors (Lipinski definition) is 1. The Morgan fingerprint density at radius 3 is 2.29 bits per heavy atom. The molecule has 0 spiro atoms. The van der Waals surface area contributed by atoms with Crippen LogP contribution in [0.5, 0.6) is 0 Å². The Morgan fingerprint density at radius 2 is 1.68 bits per heavy atom. The number of rotatable bonds is 12. The van der Waals surface area contributed by atoms with Crippen molar-refractivity contribution in [2.24, 2.45) is 0 Å². The molecule has 1 aliphatic carbocycles. The van der Waals surface area contributed by atoms with E-state index in [0.29, 0.717) is 25.1 Å².